The number of esters is 1. The van der Waals surface area contributed by atoms with Crippen LogP contribution in [0.2, 0.25) is 0 Å². The summed E-state index contributed by atoms with van der Waals surface area (Å²) in [6.07, 6.45) is 4.59. The monoisotopic (exact) mass is 538 g/mol. The van der Waals surface area contributed by atoms with Crippen molar-refractivity contribution in [3.63, 3.8) is 0 Å². The van der Waals surface area contributed by atoms with E-state index in [4.69, 9.17) is 9.47 Å². The van der Waals surface area contributed by atoms with Crippen molar-refractivity contribution >= 4 is 34.0 Å². The summed E-state index contributed by atoms with van der Waals surface area (Å²) in [4.78, 5) is 24.5. The van der Waals surface area contributed by atoms with E-state index >= 15 is 0 Å². The van der Waals surface area contributed by atoms with Gasteiger partial charge in [0.1, 0.15) is 5.75 Å². The van der Waals surface area contributed by atoms with Gasteiger partial charge in [0.25, 0.3) is 0 Å². The zero-order valence-corrected chi connectivity index (χ0v) is 23.7. The van der Waals surface area contributed by atoms with Gasteiger partial charge in [-0.15, -0.1) is 0 Å². The third-order valence-corrected chi connectivity index (χ3v) is 6.83. The van der Waals surface area contributed by atoms with Gasteiger partial charge < -0.3 is 19.4 Å². The molecule has 6 heteroatoms. The molecule has 1 N–H and O–H groups in total. The van der Waals surface area contributed by atoms with E-state index in [9.17, 15) is 9.59 Å². The first kappa shape index (κ1) is 28.7. The van der Waals surface area contributed by atoms with E-state index in [2.05, 4.69) is 78.5 Å². The normalized spacial score (nSPS) is 12.4. The van der Waals surface area contributed by atoms with Crippen LogP contribution < -0.4 is 10.1 Å². The zero-order chi connectivity index (χ0) is 28.5. The molecule has 0 bridgehead atoms. The maximum absolute atomic E-state index is 12.9. The number of nitrogens with one attached hydrogen (secondary N) is 1. The highest BCUT2D eigenvalue weighted by Gasteiger charge is 2.19. The Labute approximate surface area is 236 Å². The molecule has 4 aromatic rings. The molecule has 0 aliphatic rings. The molecule has 0 radical (unpaired) electrons. The van der Waals surface area contributed by atoms with Gasteiger partial charge >= 0.3 is 5.97 Å². The van der Waals surface area contributed by atoms with Gasteiger partial charge in [-0.25, -0.2) is 0 Å². The average Bonchev–Trinajstić information content (AvgIpc) is 3.35. The Morgan fingerprint density at radius 3 is 2.48 bits per heavy atom. The van der Waals surface area contributed by atoms with Gasteiger partial charge in [-0.2, -0.15) is 0 Å². The number of benzene rings is 3. The number of hydrogen-bond donors (Lipinski definition) is 1. The lowest BCUT2D eigenvalue weighted by molar-refractivity contribution is -0.143. The third-order valence-electron chi connectivity index (χ3n) is 6.83. The Hall–Kier alpha value is -4.32. The number of amides is 1. The SMILES string of the molecule is CCOC(=O)CCCOc1ccccc1NC(=O)/C=C(\C)c1ccc2c(ccn2C(c2ccccc2)C(C)C)c1. The first-order valence-electron chi connectivity index (χ1n) is 13.9. The number of allylic oxidation sites excluding steroid dienone is 1. The van der Waals surface area contributed by atoms with Crippen LogP contribution in [0.1, 0.15) is 57.7 Å². The molecule has 0 saturated heterocycles. The highest BCUT2D eigenvalue weighted by molar-refractivity contribution is 6.04. The molecule has 0 fully saturated rings. The molecule has 3 aromatic carbocycles. The van der Waals surface area contributed by atoms with Crippen molar-refractivity contribution in [3.05, 3.63) is 102 Å². The molecule has 1 aromatic heterocycles. The number of rotatable bonds is 12. The lowest BCUT2D eigenvalue weighted by atomic mass is 9.95. The summed E-state index contributed by atoms with van der Waals surface area (Å²) >= 11 is 0. The number of hydrogen-bond acceptors (Lipinski definition) is 4. The number of carbonyl (C=O) groups excluding carboxylic acids is 2. The Balaban J connectivity index is 1.45. The van der Waals surface area contributed by atoms with Crippen LogP contribution in [0.5, 0.6) is 5.75 Å². The fourth-order valence-corrected chi connectivity index (χ4v) is 4.95. The summed E-state index contributed by atoms with van der Waals surface area (Å²) in [6, 6.07) is 26.6. The van der Waals surface area contributed by atoms with E-state index in [0.29, 0.717) is 43.4 Å². The van der Waals surface area contributed by atoms with Crippen LogP contribution in [0.3, 0.4) is 0 Å². The minimum atomic E-state index is -0.237. The van der Waals surface area contributed by atoms with Crippen LogP contribution in [-0.4, -0.2) is 29.7 Å². The molecule has 1 unspecified atom stereocenters. The molecule has 1 amide bonds. The molecule has 208 valence electrons. The quantitative estimate of drug-likeness (QED) is 0.114. The molecule has 6 nitrogen and oxygen atoms in total. The first-order chi connectivity index (χ1) is 19.4. The number of aromatic nitrogens is 1. The minimum absolute atomic E-state index is 0.235. The van der Waals surface area contributed by atoms with Gasteiger partial charge in [-0.3, -0.25) is 9.59 Å². The van der Waals surface area contributed by atoms with Crippen LogP contribution in [-0.2, 0) is 14.3 Å². The second-order valence-electron chi connectivity index (χ2n) is 10.2. The largest absolute Gasteiger partial charge is 0.491 e. The molecule has 1 heterocycles. The van der Waals surface area contributed by atoms with Crippen molar-refractivity contribution in [2.45, 2.75) is 46.6 Å². The molecular weight excluding hydrogens is 500 g/mol. The molecule has 0 aliphatic heterocycles. The standard InChI is InChI=1S/C34H38N2O4/c1-5-39-33(38)16-11-21-40-31-15-10-9-14-29(31)35-32(37)22-25(4)27-17-18-30-28(23-27)19-20-36(30)34(24(2)3)26-12-7-6-8-13-26/h6-10,12-15,17-20,22-24,34H,5,11,16,21H2,1-4H3,(H,35,37)/b25-22+. The molecule has 40 heavy (non-hydrogen) atoms. The van der Waals surface area contributed by atoms with Gasteiger partial charge in [0.15, 0.2) is 0 Å². The predicted octanol–water partition coefficient (Wildman–Crippen LogP) is 7.65. The maximum atomic E-state index is 12.9. The van der Waals surface area contributed by atoms with Crippen LogP contribution in [0.15, 0.2) is 91.1 Å². The summed E-state index contributed by atoms with van der Waals surface area (Å²) in [5, 5.41) is 4.07. The summed E-state index contributed by atoms with van der Waals surface area (Å²) in [5.41, 5.74) is 4.89. The molecular formula is C34H38N2O4. The van der Waals surface area contributed by atoms with Crippen molar-refractivity contribution in [3.8, 4) is 5.75 Å². The summed E-state index contributed by atoms with van der Waals surface area (Å²) in [7, 11) is 0. The molecule has 0 saturated carbocycles. The van der Waals surface area contributed by atoms with Gasteiger partial charge in [0, 0.05) is 29.6 Å². The topological polar surface area (TPSA) is 69.6 Å². The number of ether oxygens (including phenoxy) is 2. The summed E-state index contributed by atoms with van der Waals surface area (Å²) in [6.45, 7) is 8.94. The number of para-hydroxylation sites is 2. The fourth-order valence-electron chi connectivity index (χ4n) is 4.95. The van der Waals surface area contributed by atoms with Gasteiger partial charge in [0.05, 0.1) is 24.9 Å². The number of nitrogens with zero attached hydrogens (tertiary/aromatic N) is 1. The van der Waals surface area contributed by atoms with Gasteiger partial charge in [-0.05, 0) is 73.2 Å². The number of anilines is 1. The number of fused-ring (bicyclic) bond motifs is 1. The second-order valence-corrected chi connectivity index (χ2v) is 10.2. The Morgan fingerprint density at radius 2 is 1.73 bits per heavy atom. The first-order valence-corrected chi connectivity index (χ1v) is 13.9. The smallest absolute Gasteiger partial charge is 0.305 e. The van der Waals surface area contributed by atoms with Crippen molar-refractivity contribution < 1.29 is 19.1 Å². The van der Waals surface area contributed by atoms with Crippen LogP contribution in [0.4, 0.5) is 5.69 Å². The van der Waals surface area contributed by atoms with E-state index in [-0.39, 0.29) is 17.9 Å². The lowest BCUT2D eigenvalue weighted by Gasteiger charge is -2.24. The fraction of sp³-hybridized carbons (Fsp3) is 0.294. The van der Waals surface area contributed by atoms with Crippen LogP contribution in [0, 0.1) is 5.92 Å². The van der Waals surface area contributed by atoms with E-state index in [1.54, 1.807) is 25.1 Å². The molecule has 0 aliphatic carbocycles. The van der Waals surface area contributed by atoms with Crippen LogP contribution in [0.25, 0.3) is 16.5 Å². The van der Waals surface area contributed by atoms with E-state index in [1.165, 1.54) is 5.56 Å². The van der Waals surface area contributed by atoms with E-state index in [1.807, 2.05) is 25.1 Å². The summed E-state index contributed by atoms with van der Waals surface area (Å²) in [5.74, 6) is 0.514. The maximum Gasteiger partial charge on any atom is 0.305 e. The molecule has 1 atom stereocenters. The second kappa shape index (κ2) is 13.7. The van der Waals surface area contributed by atoms with Crippen molar-refractivity contribution in [2.24, 2.45) is 5.92 Å². The molecule has 0 spiro atoms. The van der Waals surface area contributed by atoms with Crippen LogP contribution >= 0.6 is 0 Å². The van der Waals surface area contributed by atoms with E-state index in [0.717, 1.165) is 22.0 Å². The number of carbonyl (C=O) groups is 2. The Bertz CT molecular complexity index is 1470. The third kappa shape index (κ3) is 7.20. The average molecular weight is 539 g/mol. The highest BCUT2D eigenvalue weighted by atomic mass is 16.5. The minimum Gasteiger partial charge on any atom is -0.491 e. The highest BCUT2D eigenvalue weighted by Crippen LogP contribution is 2.32. The zero-order valence-electron chi connectivity index (χ0n) is 23.7. The molecule has 4 rings (SSSR count). The van der Waals surface area contributed by atoms with E-state index < -0.39 is 0 Å². The van der Waals surface area contributed by atoms with Crippen molar-refractivity contribution in [2.75, 3.05) is 18.5 Å². The predicted molar refractivity (Wildman–Crippen MR) is 161 cm³/mol. The Kier molecular flexibility index (Phi) is 9.79. The van der Waals surface area contributed by atoms with Gasteiger partial charge in [-0.1, -0.05) is 62.4 Å². The summed E-state index contributed by atoms with van der Waals surface area (Å²) < 4.78 is 13.1. The van der Waals surface area contributed by atoms with Crippen molar-refractivity contribution in [1.82, 2.24) is 4.57 Å². The van der Waals surface area contributed by atoms with Gasteiger partial charge in [0.2, 0.25) is 5.91 Å². The lowest BCUT2D eigenvalue weighted by Crippen LogP contribution is -2.15. The Morgan fingerprint density at radius 1 is 0.975 bits per heavy atom. The van der Waals surface area contributed by atoms with Crippen molar-refractivity contribution in [1.29, 1.82) is 0 Å².